The summed E-state index contributed by atoms with van der Waals surface area (Å²) in [5, 5.41) is 3.35. The summed E-state index contributed by atoms with van der Waals surface area (Å²) in [7, 11) is 0. The molecule has 1 atom stereocenters. The maximum absolute atomic E-state index is 5.79. The minimum atomic E-state index is 0.304. The van der Waals surface area contributed by atoms with Crippen LogP contribution in [0.25, 0.3) is 0 Å². The first-order valence-electron chi connectivity index (χ1n) is 4.97. The molecule has 3 heteroatoms. The summed E-state index contributed by atoms with van der Waals surface area (Å²) in [5.74, 6) is 0. The molecule has 12 heavy (non-hydrogen) atoms. The first-order valence-corrected chi connectivity index (χ1v) is 4.97. The predicted molar refractivity (Wildman–Crippen MR) is 54.0 cm³/mol. The normalized spacial score (nSPS) is 13.2. The van der Waals surface area contributed by atoms with Crippen molar-refractivity contribution in [1.82, 2.24) is 5.32 Å². The second kappa shape index (κ2) is 8.97. The van der Waals surface area contributed by atoms with Gasteiger partial charge in [0.1, 0.15) is 0 Å². The largest absolute Gasteiger partial charge is 0.330 e. The molecule has 0 saturated heterocycles. The molecular weight excluding hydrogens is 150 g/mol. The molecule has 0 aliphatic heterocycles. The number of rotatable bonds is 8. The fourth-order valence-electron chi connectivity index (χ4n) is 1.15. The van der Waals surface area contributed by atoms with Gasteiger partial charge in [0.25, 0.3) is 0 Å². The zero-order chi connectivity index (χ0) is 9.23. The van der Waals surface area contributed by atoms with Gasteiger partial charge in [-0.15, -0.1) is 0 Å². The molecule has 0 aliphatic carbocycles. The maximum Gasteiger partial charge on any atom is 0.00513 e. The van der Waals surface area contributed by atoms with E-state index in [4.69, 9.17) is 11.5 Å². The highest BCUT2D eigenvalue weighted by Crippen LogP contribution is 1.96. The van der Waals surface area contributed by atoms with Crippen LogP contribution in [0, 0.1) is 0 Å². The van der Waals surface area contributed by atoms with Crippen LogP contribution in [-0.4, -0.2) is 25.7 Å². The van der Waals surface area contributed by atoms with Crippen LogP contribution < -0.4 is 16.8 Å². The molecule has 0 radical (unpaired) electrons. The van der Waals surface area contributed by atoms with Crippen LogP contribution in [0.4, 0.5) is 0 Å². The van der Waals surface area contributed by atoms with E-state index in [1.165, 1.54) is 12.8 Å². The van der Waals surface area contributed by atoms with Gasteiger partial charge in [0.15, 0.2) is 0 Å². The summed E-state index contributed by atoms with van der Waals surface area (Å²) in [6.45, 7) is 5.09. The molecule has 0 aromatic heterocycles. The van der Waals surface area contributed by atoms with Gasteiger partial charge in [-0.05, 0) is 45.3 Å². The van der Waals surface area contributed by atoms with Crippen LogP contribution >= 0.6 is 0 Å². The molecule has 3 nitrogen and oxygen atoms in total. The van der Waals surface area contributed by atoms with Gasteiger partial charge in [-0.25, -0.2) is 0 Å². The summed E-state index contributed by atoms with van der Waals surface area (Å²) in [5.41, 5.74) is 11.2. The van der Waals surface area contributed by atoms with Crippen LogP contribution in [-0.2, 0) is 0 Å². The smallest absolute Gasteiger partial charge is 0.00513 e. The van der Waals surface area contributed by atoms with Gasteiger partial charge in [-0.2, -0.15) is 0 Å². The van der Waals surface area contributed by atoms with Crippen LogP contribution in [0.1, 0.15) is 32.6 Å². The highest BCUT2D eigenvalue weighted by atomic mass is 14.8. The van der Waals surface area contributed by atoms with Crippen molar-refractivity contribution < 1.29 is 0 Å². The van der Waals surface area contributed by atoms with Gasteiger partial charge in [-0.1, -0.05) is 6.92 Å². The van der Waals surface area contributed by atoms with Crippen LogP contribution in [0.3, 0.4) is 0 Å². The lowest BCUT2D eigenvalue weighted by Crippen LogP contribution is -2.25. The van der Waals surface area contributed by atoms with E-state index in [0.29, 0.717) is 12.6 Å². The molecule has 1 unspecified atom stereocenters. The van der Waals surface area contributed by atoms with Crippen molar-refractivity contribution in [2.24, 2.45) is 11.5 Å². The van der Waals surface area contributed by atoms with Crippen molar-refractivity contribution in [3.05, 3.63) is 0 Å². The Hall–Kier alpha value is -0.120. The van der Waals surface area contributed by atoms with E-state index in [9.17, 15) is 0 Å². The average molecular weight is 173 g/mol. The van der Waals surface area contributed by atoms with Crippen molar-refractivity contribution in [1.29, 1.82) is 0 Å². The van der Waals surface area contributed by atoms with E-state index < -0.39 is 0 Å². The van der Waals surface area contributed by atoms with Gasteiger partial charge < -0.3 is 16.8 Å². The Morgan fingerprint density at radius 2 is 2.00 bits per heavy atom. The van der Waals surface area contributed by atoms with E-state index >= 15 is 0 Å². The summed E-state index contributed by atoms with van der Waals surface area (Å²) >= 11 is 0. The standard InChI is InChI=1S/C9H23N3/c1-2-7-12-8-3-4-9(11)5-6-10/h9,12H,2-8,10-11H2,1H3. The molecule has 5 N–H and O–H groups in total. The fourth-order valence-corrected chi connectivity index (χ4v) is 1.15. The molecule has 0 fully saturated rings. The SMILES string of the molecule is CCCNCCCC(N)CCN. The minimum Gasteiger partial charge on any atom is -0.330 e. The Morgan fingerprint density at radius 3 is 2.58 bits per heavy atom. The Balaban J connectivity index is 2.97. The van der Waals surface area contributed by atoms with Gasteiger partial charge in [-0.3, -0.25) is 0 Å². The van der Waals surface area contributed by atoms with Gasteiger partial charge >= 0.3 is 0 Å². The van der Waals surface area contributed by atoms with Gasteiger partial charge in [0.2, 0.25) is 0 Å². The summed E-state index contributed by atoms with van der Waals surface area (Å²) < 4.78 is 0. The molecule has 0 rings (SSSR count). The van der Waals surface area contributed by atoms with Crippen molar-refractivity contribution in [2.45, 2.75) is 38.6 Å². The third kappa shape index (κ3) is 7.98. The van der Waals surface area contributed by atoms with Crippen molar-refractivity contribution in [2.75, 3.05) is 19.6 Å². The Morgan fingerprint density at radius 1 is 1.25 bits per heavy atom. The Kier molecular flexibility index (Phi) is 8.88. The van der Waals surface area contributed by atoms with Gasteiger partial charge in [0.05, 0.1) is 0 Å². The fraction of sp³-hybridized carbons (Fsp3) is 1.00. The van der Waals surface area contributed by atoms with E-state index in [1.54, 1.807) is 0 Å². The lowest BCUT2D eigenvalue weighted by Gasteiger charge is -2.09. The third-order valence-electron chi connectivity index (χ3n) is 1.89. The van der Waals surface area contributed by atoms with E-state index in [2.05, 4.69) is 12.2 Å². The topological polar surface area (TPSA) is 64.1 Å². The zero-order valence-corrected chi connectivity index (χ0v) is 8.18. The number of hydrogen-bond acceptors (Lipinski definition) is 3. The van der Waals surface area contributed by atoms with Crippen LogP contribution in [0.5, 0.6) is 0 Å². The molecule has 0 bridgehead atoms. The molecule has 0 amide bonds. The van der Waals surface area contributed by atoms with Crippen LogP contribution in [0.15, 0.2) is 0 Å². The van der Waals surface area contributed by atoms with Crippen molar-refractivity contribution in [3.8, 4) is 0 Å². The lowest BCUT2D eigenvalue weighted by molar-refractivity contribution is 0.528. The number of nitrogens with two attached hydrogens (primary N) is 2. The highest BCUT2D eigenvalue weighted by molar-refractivity contribution is 4.62. The highest BCUT2D eigenvalue weighted by Gasteiger charge is 1.99. The summed E-state index contributed by atoms with van der Waals surface area (Å²) in [6.07, 6.45) is 4.41. The first-order chi connectivity index (χ1) is 5.81. The molecule has 0 aromatic carbocycles. The molecule has 0 spiro atoms. The molecule has 74 valence electrons. The molecule has 0 heterocycles. The monoisotopic (exact) mass is 173 g/mol. The molecule has 0 aliphatic rings. The maximum atomic E-state index is 5.79. The Labute approximate surface area is 75.9 Å². The zero-order valence-electron chi connectivity index (χ0n) is 8.18. The quantitative estimate of drug-likeness (QED) is 0.467. The summed E-state index contributed by atoms with van der Waals surface area (Å²) in [6, 6.07) is 0.304. The average Bonchev–Trinajstić information content (AvgIpc) is 2.05. The van der Waals surface area contributed by atoms with E-state index in [-0.39, 0.29) is 0 Å². The third-order valence-corrected chi connectivity index (χ3v) is 1.89. The molecule has 0 saturated carbocycles. The Bertz CT molecular complexity index is 85.8. The minimum absolute atomic E-state index is 0.304. The second-order valence-electron chi connectivity index (χ2n) is 3.23. The molecule has 0 aromatic rings. The second-order valence-corrected chi connectivity index (χ2v) is 3.23. The number of hydrogen-bond donors (Lipinski definition) is 3. The van der Waals surface area contributed by atoms with E-state index in [0.717, 1.165) is 25.9 Å². The number of nitrogens with one attached hydrogen (secondary N) is 1. The first kappa shape index (κ1) is 11.9. The van der Waals surface area contributed by atoms with Crippen molar-refractivity contribution >= 4 is 0 Å². The van der Waals surface area contributed by atoms with E-state index in [1.807, 2.05) is 0 Å². The predicted octanol–water partition coefficient (Wildman–Crippen LogP) is 0.442. The van der Waals surface area contributed by atoms with Gasteiger partial charge in [0, 0.05) is 6.04 Å². The van der Waals surface area contributed by atoms with Crippen molar-refractivity contribution in [3.63, 3.8) is 0 Å². The molecular formula is C9H23N3. The van der Waals surface area contributed by atoms with Crippen LogP contribution in [0.2, 0.25) is 0 Å². The lowest BCUT2D eigenvalue weighted by atomic mass is 10.1. The summed E-state index contributed by atoms with van der Waals surface area (Å²) in [4.78, 5) is 0.